The lowest BCUT2D eigenvalue weighted by Gasteiger charge is -2.06. The van der Waals surface area contributed by atoms with E-state index in [1.54, 1.807) is 0 Å². The van der Waals surface area contributed by atoms with Crippen LogP contribution in [-0.2, 0) is 0 Å². The molecule has 0 atom stereocenters. The van der Waals surface area contributed by atoms with Crippen molar-refractivity contribution in [3.8, 4) is 0 Å². The molecule has 3 rings (SSSR count). The summed E-state index contributed by atoms with van der Waals surface area (Å²) >= 11 is 0. The number of amides is 1. The van der Waals surface area contributed by atoms with Gasteiger partial charge in [-0.15, -0.1) is 0 Å². The predicted octanol–water partition coefficient (Wildman–Crippen LogP) is 3.73. The van der Waals surface area contributed by atoms with Gasteiger partial charge in [0.15, 0.2) is 0 Å². The summed E-state index contributed by atoms with van der Waals surface area (Å²) in [4.78, 5) is 15.3. The van der Waals surface area contributed by atoms with E-state index in [1.807, 2.05) is 61.7 Å². The maximum atomic E-state index is 12.2. The van der Waals surface area contributed by atoms with E-state index in [0.29, 0.717) is 5.56 Å². The predicted molar refractivity (Wildman–Crippen MR) is 77.4 cm³/mol. The fraction of sp³-hybridized carbons (Fsp3) is 0.0625. The first kappa shape index (κ1) is 11.5. The summed E-state index contributed by atoms with van der Waals surface area (Å²) < 4.78 is 0. The fourth-order valence-electron chi connectivity index (χ4n) is 2.12. The Balaban J connectivity index is 1.87. The molecule has 0 bridgehead atoms. The zero-order valence-corrected chi connectivity index (χ0v) is 10.6. The van der Waals surface area contributed by atoms with Gasteiger partial charge >= 0.3 is 0 Å². The topological polar surface area (TPSA) is 44.9 Å². The number of aromatic amines is 1. The maximum absolute atomic E-state index is 12.2. The summed E-state index contributed by atoms with van der Waals surface area (Å²) in [6, 6.07) is 15.4. The summed E-state index contributed by atoms with van der Waals surface area (Å²) in [6.45, 7) is 2.00. The standard InChI is InChI=1S/C16H14N2O/c1-11-3-2-4-14(9-11)18-16(19)13-6-5-12-7-8-17-15(12)10-13/h2-10,17H,1H3,(H,18,19). The minimum absolute atomic E-state index is 0.0953. The largest absolute Gasteiger partial charge is 0.361 e. The Morgan fingerprint density at radius 3 is 2.84 bits per heavy atom. The van der Waals surface area contributed by atoms with Crippen molar-refractivity contribution in [3.05, 3.63) is 65.9 Å². The lowest BCUT2D eigenvalue weighted by molar-refractivity contribution is 0.102. The van der Waals surface area contributed by atoms with Crippen LogP contribution in [-0.4, -0.2) is 10.9 Å². The van der Waals surface area contributed by atoms with Crippen molar-refractivity contribution >= 4 is 22.5 Å². The van der Waals surface area contributed by atoms with Crippen LogP contribution >= 0.6 is 0 Å². The molecule has 1 amide bonds. The van der Waals surface area contributed by atoms with Crippen LogP contribution in [0.2, 0.25) is 0 Å². The molecular weight excluding hydrogens is 236 g/mol. The van der Waals surface area contributed by atoms with Gasteiger partial charge in [0.05, 0.1) is 0 Å². The molecule has 2 N–H and O–H groups in total. The van der Waals surface area contributed by atoms with Crippen LogP contribution in [0.15, 0.2) is 54.7 Å². The van der Waals surface area contributed by atoms with E-state index in [9.17, 15) is 4.79 Å². The average Bonchev–Trinajstić information content (AvgIpc) is 2.85. The first-order valence-corrected chi connectivity index (χ1v) is 6.17. The lowest BCUT2D eigenvalue weighted by Crippen LogP contribution is -2.11. The molecule has 1 heterocycles. The number of benzene rings is 2. The summed E-state index contributed by atoms with van der Waals surface area (Å²) in [5, 5.41) is 4.01. The Labute approximate surface area is 111 Å². The highest BCUT2D eigenvalue weighted by Crippen LogP contribution is 2.16. The quantitative estimate of drug-likeness (QED) is 0.715. The Morgan fingerprint density at radius 2 is 2.00 bits per heavy atom. The Bertz CT molecular complexity index is 743. The van der Waals surface area contributed by atoms with Gasteiger partial charge in [0, 0.05) is 23.0 Å². The zero-order chi connectivity index (χ0) is 13.2. The second-order valence-corrected chi connectivity index (χ2v) is 4.60. The second kappa shape index (κ2) is 4.61. The number of nitrogens with one attached hydrogen (secondary N) is 2. The molecular formula is C16H14N2O. The number of carbonyl (C=O) groups excluding carboxylic acids is 1. The minimum Gasteiger partial charge on any atom is -0.361 e. The van der Waals surface area contributed by atoms with Crippen molar-refractivity contribution in [1.29, 1.82) is 0 Å². The molecule has 3 aromatic rings. The molecule has 3 heteroatoms. The summed E-state index contributed by atoms with van der Waals surface area (Å²) in [5.74, 6) is -0.0953. The fourth-order valence-corrected chi connectivity index (χ4v) is 2.12. The number of hydrogen-bond donors (Lipinski definition) is 2. The number of anilines is 1. The molecule has 0 spiro atoms. The number of rotatable bonds is 2. The van der Waals surface area contributed by atoms with Gasteiger partial charge in [0.1, 0.15) is 0 Å². The van der Waals surface area contributed by atoms with Gasteiger partial charge in [0.25, 0.3) is 5.91 Å². The smallest absolute Gasteiger partial charge is 0.255 e. The number of aromatic nitrogens is 1. The van der Waals surface area contributed by atoms with Crippen molar-refractivity contribution in [2.75, 3.05) is 5.32 Å². The normalized spacial score (nSPS) is 10.6. The number of carbonyl (C=O) groups is 1. The van der Waals surface area contributed by atoms with Gasteiger partial charge in [-0.2, -0.15) is 0 Å². The van der Waals surface area contributed by atoms with E-state index in [1.165, 1.54) is 0 Å². The number of aryl methyl sites for hydroxylation is 1. The number of fused-ring (bicyclic) bond motifs is 1. The second-order valence-electron chi connectivity index (χ2n) is 4.60. The molecule has 0 unspecified atom stereocenters. The van der Waals surface area contributed by atoms with Gasteiger partial charge in [0.2, 0.25) is 0 Å². The van der Waals surface area contributed by atoms with E-state index < -0.39 is 0 Å². The van der Waals surface area contributed by atoms with Gasteiger partial charge in [-0.05, 0) is 48.2 Å². The Hall–Kier alpha value is -2.55. The zero-order valence-electron chi connectivity index (χ0n) is 10.6. The molecule has 0 saturated heterocycles. The third-order valence-corrected chi connectivity index (χ3v) is 3.09. The first-order valence-electron chi connectivity index (χ1n) is 6.17. The van der Waals surface area contributed by atoms with Crippen LogP contribution in [0.1, 0.15) is 15.9 Å². The van der Waals surface area contributed by atoms with E-state index in [4.69, 9.17) is 0 Å². The summed E-state index contributed by atoms with van der Waals surface area (Å²) in [5.41, 5.74) is 3.56. The maximum Gasteiger partial charge on any atom is 0.255 e. The number of hydrogen-bond acceptors (Lipinski definition) is 1. The average molecular weight is 250 g/mol. The monoisotopic (exact) mass is 250 g/mol. The van der Waals surface area contributed by atoms with Gasteiger partial charge < -0.3 is 10.3 Å². The molecule has 0 fully saturated rings. The van der Waals surface area contributed by atoms with Crippen LogP contribution in [0.5, 0.6) is 0 Å². The van der Waals surface area contributed by atoms with Gasteiger partial charge in [-0.25, -0.2) is 0 Å². The summed E-state index contributed by atoms with van der Waals surface area (Å²) in [6.07, 6.45) is 1.87. The van der Waals surface area contributed by atoms with E-state index >= 15 is 0 Å². The summed E-state index contributed by atoms with van der Waals surface area (Å²) in [7, 11) is 0. The van der Waals surface area contributed by atoms with Crippen LogP contribution in [0.4, 0.5) is 5.69 Å². The molecule has 0 saturated carbocycles. The Morgan fingerprint density at radius 1 is 1.11 bits per heavy atom. The minimum atomic E-state index is -0.0953. The van der Waals surface area contributed by atoms with E-state index in [-0.39, 0.29) is 5.91 Å². The highest BCUT2D eigenvalue weighted by molar-refractivity contribution is 6.06. The molecule has 0 aliphatic heterocycles. The van der Waals surface area contributed by atoms with Crippen molar-refractivity contribution < 1.29 is 4.79 Å². The SMILES string of the molecule is Cc1cccc(NC(=O)c2ccc3cc[nH]c3c2)c1. The van der Waals surface area contributed by atoms with Crippen molar-refractivity contribution in [2.24, 2.45) is 0 Å². The van der Waals surface area contributed by atoms with Crippen LogP contribution in [0.3, 0.4) is 0 Å². The molecule has 2 aromatic carbocycles. The molecule has 3 nitrogen and oxygen atoms in total. The number of H-pyrrole nitrogens is 1. The third-order valence-electron chi connectivity index (χ3n) is 3.09. The van der Waals surface area contributed by atoms with Gasteiger partial charge in [-0.3, -0.25) is 4.79 Å². The van der Waals surface area contributed by atoms with Crippen LogP contribution in [0.25, 0.3) is 10.9 Å². The van der Waals surface area contributed by atoms with Crippen molar-refractivity contribution in [2.45, 2.75) is 6.92 Å². The van der Waals surface area contributed by atoms with Crippen molar-refractivity contribution in [1.82, 2.24) is 4.98 Å². The van der Waals surface area contributed by atoms with Crippen LogP contribution in [0, 0.1) is 6.92 Å². The molecule has 0 aliphatic carbocycles. The van der Waals surface area contributed by atoms with Gasteiger partial charge in [-0.1, -0.05) is 18.2 Å². The van der Waals surface area contributed by atoms with Crippen LogP contribution < -0.4 is 5.32 Å². The highest BCUT2D eigenvalue weighted by atomic mass is 16.1. The van der Waals surface area contributed by atoms with Crippen molar-refractivity contribution in [3.63, 3.8) is 0 Å². The third kappa shape index (κ3) is 2.36. The Kier molecular flexibility index (Phi) is 2.80. The highest BCUT2D eigenvalue weighted by Gasteiger charge is 2.07. The molecule has 94 valence electrons. The lowest BCUT2D eigenvalue weighted by atomic mass is 10.1. The molecule has 1 aromatic heterocycles. The van der Waals surface area contributed by atoms with E-state index in [0.717, 1.165) is 22.2 Å². The first-order chi connectivity index (χ1) is 9.22. The molecule has 0 aliphatic rings. The van der Waals surface area contributed by atoms with E-state index in [2.05, 4.69) is 10.3 Å². The molecule has 0 radical (unpaired) electrons. The molecule has 19 heavy (non-hydrogen) atoms.